The number of hydrogen-bond acceptors (Lipinski definition) is 5. The lowest BCUT2D eigenvalue weighted by atomic mass is 9.95. The van der Waals surface area contributed by atoms with Gasteiger partial charge < -0.3 is 19.6 Å². The maximum Gasteiger partial charge on any atom is 0.295 e. The topological polar surface area (TPSA) is 70.1 Å². The third kappa shape index (κ3) is 5.95. The Morgan fingerprint density at radius 3 is 2.30 bits per heavy atom. The minimum absolute atomic E-state index is 0.0861. The van der Waals surface area contributed by atoms with Crippen molar-refractivity contribution in [3.8, 4) is 5.75 Å². The highest BCUT2D eigenvalue weighted by atomic mass is 35.5. The highest BCUT2D eigenvalue weighted by molar-refractivity contribution is 6.46. The molecule has 3 rings (SSSR count). The van der Waals surface area contributed by atoms with Gasteiger partial charge in [-0.3, -0.25) is 9.59 Å². The predicted molar refractivity (Wildman–Crippen MR) is 130 cm³/mol. The summed E-state index contributed by atoms with van der Waals surface area (Å²) in [7, 11) is 3.92. The smallest absolute Gasteiger partial charge is 0.295 e. The molecule has 176 valence electrons. The number of ketones is 1. The first-order valence-electron chi connectivity index (χ1n) is 11.1. The first-order valence-corrected chi connectivity index (χ1v) is 11.5. The molecule has 0 saturated carbocycles. The standard InChI is InChI=1S/C26H31ClN2O4/c1-17(2)16-33-21-12-8-19(9-13-21)24(30)22-23(18-6-10-20(27)11-7-18)29(26(32)25(22)31)15-5-14-28(3)4/h6-13,17,23,30H,5,14-16H2,1-4H3/b24-22+/t23-/m0/s1. The van der Waals surface area contributed by atoms with E-state index in [9.17, 15) is 14.7 Å². The monoisotopic (exact) mass is 470 g/mol. The van der Waals surface area contributed by atoms with Crippen LogP contribution in [0.1, 0.15) is 37.4 Å². The van der Waals surface area contributed by atoms with E-state index in [-0.39, 0.29) is 11.3 Å². The van der Waals surface area contributed by atoms with Crippen molar-refractivity contribution >= 4 is 29.1 Å². The summed E-state index contributed by atoms with van der Waals surface area (Å²) in [5.74, 6) is -0.414. The molecule has 1 N–H and O–H groups in total. The van der Waals surface area contributed by atoms with Gasteiger partial charge in [0.2, 0.25) is 0 Å². The number of benzene rings is 2. The van der Waals surface area contributed by atoms with Gasteiger partial charge in [-0.25, -0.2) is 0 Å². The first-order chi connectivity index (χ1) is 15.7. The molecule has 0 spiro atoms. The molecule has 1 aliphatic rings. The summed E-state index contributed by atoms with van der Waals surface area (Å²) in [5, 5.41) is 11.7. The Morgan fingerprint density at radius 2 is 1.73 bits per heavy atom. The molecule has 1 heterocycles. The van der Waals surface area contributed by atoms with E-state index < -0.39 is 17.7 Å². The number of nitrogens with zero attached hydrogens (tertiary/aromatic N) is 2. The van der Waals surface area contributed by atoms with Crippen LogP contribution in [0.2, 0.25) is 5.02 Å². The van der Waals surface area contributed by atoms with Crippen molar-refractivity contribution in [1.29, 1.82) is 0 Å². The van der Waals surface area contributed by atoms with Crippen LogP contribution in [0.15, 0.2) is 54.1 Å². The number of carbonyl (C=O) groups excluding carboxylic acids is 2. The number of Topliss-reactive ketones (excluding diaryl/α,β-unsaturated/α-hetero) is 1. The summed E-state index contributed by atoms with van der Waals surface area (Å²) < 4.78 is 5.70. The lowest BCUT2D eigenvalue weighted by Gasteiger charge is -2.26. The van der Waals surface area contributed by atoms with Crippen LogP contribution in [0, 0.1) is 5.92 Å². The number of ether oxygens (including phenoxy) is 1. The SMILES string of the molecule is CC(C)COc1ccc(/C(O)=C2\C(=O)C(=O)N(CCCN(C)C)[C@H]2c2ccc(Cl)cc2)cc1. The normalized spacial score (nSPS) is 17.9. The molecular formula is C26H31ClN2O4. The van der Waals surface area contributed by atoms with Gasteiger partial charge in [0.1, 0.15) is 11.5 Å². The predicted octanol–water partition coefficient (Wildman–Crippen LogP) is 4.75. The third-order valence-electron chi connectivity index (χ3n) is 5.44. The Labute approximate surface area is 200 Å². The van der Waals surface area contributed by atoms with Gasteiger partial charge in [-0.1, -0.05) is 37.6 Å². The van der Waals surface area contributed by atoms with Crippen molar-refractivity contribution in [2.24, 2.45) is 5.92 Å². The zero-order valence-electron chi connectivity index (χ0n) is 19.5. The molecule has 1 amide bonds. The molecule has 1 aliphatic heterocycles. The first kappa shape index (κ1) is 24.8. The summed E-state index contributed by atoms with van der Waals surface area (Å²) in [5.41, 5.74) is 1.27. The maximum absolute atomic E-state index is 13.1. The second-order valence-electron chi connectivity index (χ2n) is 8.93. The lowest BCUT2D eigenvalue weighted by molar-refractivity contribution is -0.139. The van der Waals surface area contributed by atoms with Crippen molar-refractivity contribution in [1.82, 2.24) is 9.80 Å². The largest absolute Gasteiger partial charge is 0.507 e. The number of likely N-dealkylation sites (tertiary alicyclic amines) is 1. The molecule has 2 aromatic rings. The number of hydrogen-bond donors (Lipinski definition) is 1. The third-order valence-corrected chi connectivity index (χ3v) is 5.69. The van der Waals surface area contributed by atoms with Crippen LogP contribution in [0.3, 0.4) is 0 Å². The van der Waals surface area contributed by atoms with Crippen LogP contribution in [-0.2, 0) is 9.59 Å². The van der Waals surface area contributed by atoms with Gasteiger partial charge in [0.05, 0.1) is 18.2 Å². The van der Waals surface area contributed by atoms with Crippen LogP contribution < -0.4 is 4.74 Å². The second-order valence-corrected chi connectivity index (χ2v) is 9.37. The van der Waals surface area contributed by atoms with E-state index in [0.29, 0.717) is 41.8 Å². The molecule has 33 heavy (non-hydrogen) atoms. The van der Waals surface area contributed by atoms with E-state index in [2.05, 4.69) is 13.8 Å². The molecule has 1 fully saturated rings. The molecule has 1 atom stereocenters. The van der Waals surface area contributed by atoms with E-state index in [1.165, 1.54) is 0 Å². The van der Waals surface area contributed by atoms with E-state index in [0.717, 1.165) is 12.1 Å². The van der Waals surface area contributed by atoms with Crippen LogP contribution in [-0.4, -0.2) is 60.4 Å². The highest BCUT2D eigenvalue weighted by Gasteiger charge is 2.45. The van der Waals surface area contributed by atoms with Gasteiger partial charge in [-0.2, -0.15) is 0 Å². The molecule has 0 bridgehead atoms. The average molecular weight is 471 g/mol. The number of carbonyl (C=O) groups is 2. The minimum Gasteiger partial charge on any atom is -0.507 e. The molecule has 0 unspecified atom stereocenters. The van der Waals surface area contributed by atoms with Gasteiger partial charge in [0, 0.05) is 17.1 Å². The molecule has 0 radical (unpaired) electrons. The maximum atomic E-state index is 13.1. The second kappa shape index (κ2) is 10.9. The van der Waals surface area contributed by atoms with Gasteiger partial charge in [-0.05, 0) is 74.9 Å². The molecular weight excluding hydrogens is 440 g/mol. The van der Waals surface area contributed by atoms with Crippen LogP contribution in [0.25, 0.3) is 5.76 Å². The Kier molecular flexibility index (Phi) is 8.16. The van der Waals surface area contributed by atoms with Gasteiger partial charge in [0.15, 0.2) is 0 Å². The average Bonchev–Trinajstić information content (AvgIpc) is 3.03. The number of aliphatic hydroxyl groups is 1. The minimum atomic E-state index is -0.683. The van der Waals surface area contributed by atoms with E-state index in [1.807, 2.05) is 19.0 Å². The molecule has 2 aromatic carbocycles. The molecule has 0 aliphatic carbocycles. The molecule has 6 nitrogen and oxygen atoms in total. The fourth-order valence-corrected chi connectivity index (χ4v) is 3.91. The van der Waals surface area contributed by atoms with Crippen LogP contribution in [0.4, 0.5) is 0 Å². The number of rotatable bonds is 9. The van der Waals surface area contributed by atoms with Crippen molar-refractivity contribution in [3.05, 3.63) is 70.3 Å². The van der Waals surface area contributed by atoms with Crippen LogP contribution >= 0.6 is 11.6 Å². The fraction of sp³-hybridized carbons (Fsp3) is 0.385. The molecule has 1 saturated heterocycles. The van der Waals surface area contributed by atoms with E-state index in [1.54, 1.807) is 53.4 Å². The molecule has 0 aromatic heterocycles. The van der Waals surface area contributed by atoms with Crippen molar-refractivity contribution in [2.45, 2.75) is 26.3 Å². The van der Waals surface area contributed by atoms with Gasteiger partial charge >= 0.3 is 0 Å². The number of halogens is 1. The van der Waals surface area contributed by atoms with E-state index in [4.69, 9.17) is 16.3 Å². The zero-order chi connectivity index (χ0) is 24.1. The quantitative estimate of drug-likeness (QED) is 0.325. The molecule has 7 heteroatoms. The van der Waals surface area contributed by atoms with Crippen molar-refractivity contribution in [2.75, 3.05) is 33.8 Å². The summed E-state index contributed by atoms with van der Waals surface area (Å²) in [6.45, 7) is 5.88. The Hall–Kier alpha value is -2.83. The Morgan fingerprint density at radius 1 is 1.09 bits per heavy atom. The van der Waals surface area contributed by atoms with E-state index >= 15 is 0 Å². The summed E-state index contributed by atoms with van der Waals surface area (Å²) >= 11 is 6.06. The summed E-state index contributed by atoms with van der Waals surface area (Å²) in [6.07, 6.45) is 0.700. The number of amides is 1. The van der Waals surface area contributed by atoms with Crippen LogP contribution in [0.5, 0.6) is 5.75 Å². The summed E-state index contributed by atoms with van der Waals surface area (Å²) in [4.78, 5) is 29.6. The lowest BCUT2D eigenvalue weighted by Crippen LogP contribution is -2.32. The Bertz CT molecular complexity index is 1010. The van der Waals surface area contributed by atoms with Gasteiger partial charge in [0.25, 0.3) is 11.7 Å². The van der Waals surface area contributed by atoms with Crippen molar-refractivity contribution in [3.63, 3.8) is 0 Å². The summed E-state index contributed by atoms with van der Waals surface area (Å²) in [6, 6.07) is 13.2. The van der Waals surface area contributed by atoms with Crippen molar-refractivity contribution < 1.29 is 19.4 Å². The van der Waals surface area contributed by atoms with Gasteiger partial charge in [-0.15, -0.1) is 0 Å². The Balaban J connectivity index is 1.99. The highest BCUT2D eigenvalue weighted by Crippen LogP contribution is 2.39. The zero-order valence-corrected chi connectivity index (χ0v) is 20.3. The fourth-order valence-electron chi connectivity index (χ4n) is 3.79. The number of aliphatic hydroxyl groups excluding tert-OH is 1.